The van der Waals surface area contributed by atoms with Crippen LogP contribution in [0.5, 0.6) is 0 Å². The lowest BCUT2D eigenvalue weighted by molar-refractivity contribution is 1.06. The number of para-hydroxylation sites is 1. The molecular weight excluding hydrogens is 480 g/mol. The molecule has 0 aliphatic rings. The van der Waals surface area contributed by atoms with E-state index in [1.165, 1.54) is 0 Å². The largest absolute Gasteiger partial charge is 0.276 e. The van der Waals surface area contributed by atoms with Crippen molar-refractivity contribution >= 4 is 21.7 Å². The average Bonchev–Trinajstić information content (AvgIpc) is 3.02. The summed E-state index contributed by atoms with van der Waals surface area (Å²) in [6, 6.07) is 43.4. The van der Waals surface area contributed by atoms with E-state index in [4.69, 9.17) is 15.0 Å². The van der Waals surface area contributed by atoms with Crippen molar-refractivity contribution < 1.29 is 0 Å². The normalized spacial score (nSPS) is 11.2. The highest BCUT2D eigenvalue weighted by molar-refractivity contribution is 6.07. The van der Waals surface area contributed by atoms with Gasteiger partial charge in [-0.05, 0) is 41.8 Å². The Kier molecular flexibility index (Phi) is 5.52. The molecule has 5 heteroatoms. The maximum Gasteiger partial charge on any atom is 0.263 e. The number of nitrogens with zero attached hydrogens (tertiary/aromatic N) is 4. The second-order valence-corrected chi connectivity index (χ2v) is 9.29. The van der Waals surface area contributed by atoms with Crippen LogP contribution < -0.4 is 5.56 Å². The topological polar surface area (TPSA) is 60.7 Å². The zero-order valence-electron chi connectivity index (χ0n) is 20.9. The van der Waals surface area contributed by atoms with Gasteiger partial charge in [0, 0.05) is 33.2 Å². The minimum Gasteiger partial charge on any atom is -0.276 e. The molecule has 7 aromatic rings. The minimum absolute atomic E-state index is 0.0464. The molecular formula is C34H22N4O. The predicted octanol–water partition coefficient (Wildman–Crippen LogP) is 7.33. The Morgan fingerprint density at radius 2 is 0.923 bits per heavy atom. The number of benzene rings is 5. The van der Waals surface area contributed by atoms with Gasteiger partial charge in [0.1, 0.15) is 0 Å². The third-order valence-electron chi connectivity index (χ3n) is 6.86. The predicted molar refractivity (Wildman–Crippen MR) is 157 cm³/mol. The van der Waals surface area contributed by atoms with E-state index < -0.39 is 0 Å². The Bertz CT molecular complexity index is 1960. The Hall–Kier alpha value is -5.42. The van der Waals surface area contributed by atoms with E-state index in [0.717, 1.165) is 38.7 Å². The summed E-state index contributed by atoms with van der Waals surface area (Å²) in [5.74, 6) is 1.79. The molecule has 0 saturated heterocycles. The monoisotopic (exact) mass is 502 g/mol. The fraction of sp³-hybridized carbons (Fsp3) is 0. The van der Waals surface area contributed by atoms with Crippen molar-refractivity contribution in [2.45, 2.75) is 0 Å². The summed E-state index contributed by atoms with van der Waals surface area (Å²) in [5.41, 5.74) is 4.29. The van der Waals surface area contributed by atoms with Crippen LogP contribution in [0.25, 0.3) is 61.5 Å². The highest BCUT2D eigenvalue weighted by atomic mass is 16.1. The van der Waals surface area contributed by atoms with Crippen molar-refractivity contribution in [2.75, 3.05) is 0 Å². The Balaban J connectivity index is 1.50. The molecule has 0 aliphatic heterocycles. The van der Waals surface area contributed by atoms with Gasteiger partial charge in [0.2, 0.25) is 0 Å². The Morgan fingerprint density at radius 1 is 0.436 bits per heavy atom. The van der Waals surface area contributed by atoms with Gasteiger partial charge in [-0.3, -0.25) is 9.36 Å². The van der Waals surface area contributed by atoms with Gasteiger partial charge in [-0.2, -0.15) is 0 Å². The Labute approximate surface area is 224 Å². The van der Waals surface area contributed by atoms with Gasteiger partial charge in [-0.15, -0.1) is 0 Å². The van der Waals surface area contributed by atoms with Crippen molar-refractivity contribution in [1.82, 2.24) is 19.5 Å². The maximum atomic E-state index is 13.6. The lowest BCUT2D eigenvalue weighted by atomic mass is 10.0. The highest BCUT2D eigenvalue weighted by Crippen LogP contribution is 2.30. The van der Waals surface area contributed by atoms with Crippen LogP contribution in [0.4, 0.5) is 0 Å². The molecule has 5 nitrogen and oxygen atoms in total. The molecule has 0 amide bonds. The second-order valence-electron chi connectivity index (χ2n) is 9.29. The first kappa shape index (κ1) is 22.8. The molecule has 39 heavy (non-hydrogen) atoms. The SMILES string of the molecule is O=c1c2ccccc2c2cc(-c3nc(-c4ccccc4)nc(-c4ccccc4)n3)ccc2n1-c1ccccc1. The van der Waals surface area contributed by atoms with Crippen LogP contribution in [0, 0.1) is 0 Å². The van der Waals surface area contributed by atoms with Gasteiger partial charge < -0.3 is 0 Å². The number of fused-ring (bicyclic) bond motifs is 3. The van der Waals surface area contributed by atoms with Crippen LogP contribution in [-0.4, -0.2) is 19.5 Å². The van der Waals surface area contributed by atoms with E-state index >= 15 is 0 Å². The summed E-state index contributed by atoms with van der Waals surface area (Å²) in [6.07, 6.45) is 0. The van der Waals surface area contributed by atoms with Crippen molar-refractivity contribution in [3.8, 4) is 39.9 Å². The van der Waals surface area contributed by atoms with Crippen LogP contribution in [0.1, 0.15) is 0 Å². The molecule has 5 aromatic carbocycles. The average molecular weight is 503 g/mol. The molecule has 0 aliphatic carbocycles. The number of hydrogen-bond donors (Lipinski definition) is 0. The van der Waals surface area contributed by atoms with Crippen LogP contribution in [0.2, 0.25) is 0 Å². The highest BCUT2D eigenvalue weighted by Gasteiger charge is 2.16. The lowest BCUT2D eigenvalue weighted by Crippen LogP contribution is -2.19. The molecule has 2 aromatic heterocycles. The molecule has 0 bridgehead atoms. The minimum atomic E-state index is -0.0464. The molecule has 0 radical (unpaired) electrons. The van der Waals surface area contributed by atoms with Crippen molar-refractivity contribution in [3.63, 3.8) is 0 Å². The number of aromatic nitrogens is 4. The van der Waals surface area contributed by atoms with Gasteiger partial charge in [-0.1, -0.05) is 97.1 Å². The first-order chi connectivity index (χ1) is 19.3. The number of pyridine rings is 1. The standard InChI is InChI=1S/C34H22N4O/c39-34-28-19-11-10-18-27(28)29-22-25(20-21-30(29)38(34)26-16-8-3-9-17-26)33-36-31(23-12-4-1-5-13-23)35-32(37-33)24-14-6-2-7-15-24/h1-22H. The van der Waals surface area contributed by atoms with E-state index in [1.807, 2.05) is 127 Å². The summed E-state index contributed by atoms with van der Waals surface area (Å²) < 4.78 is 1.78. The zero-order valence-corrected chi connectivity index (χ0v) is 20.9. The first-order valence-corrected chi connectivity index (χ1v) is 12.8. The van der Waals surface area contributed by atoms with Gasteiger partial charge in [0.25, 0.3) is 5.56 Å². The molecule has 0 atom stereocenters. The summed E-state index contributed by atoms with van der Waals surface area (Å²) in [4.78, 5) is 28.2. The third-order valence-corrected chi connectivity index (χ3v) is 6.86. The molecule has 0 N–H and O–H groups in total. The zero-order chi connectivity index (χ0) is 26.2. The summed E-state index contributed by atoms with van der Waals surface area (Å²) >= 11 is 0. The van der Waals surface area contributed by atoms with Crippen molar-refractivity contribution in [2.24, 2.45) is 0 Å². The van der Waals surface area contributed by atoms with Crippen LogP contribution >= 0.6 is 0 Å². The van der Waals surface area contributed by atoms with E-state index in [1.54, 1.807) is 4.57 Å². The van der Waals surface area contributed by atoms with E-state index in [2.05, 4.69) is 6.07 Å². The summed E-state index contributed by atoms with van der Waals surface area (Å²) in [5, 5.41) is 2.51. The van der Waals surface area contributed by atoms with E-state index in [-0.39, 0.29) is 5.56 Å². The molecule has 0 spiro atoms. The van der Waals surface area contributed by atoms with Crippen LogP contribution in [-0.2, 0) is 0 Å². The van der Waals surface area contributed by atoms with Crippen LogP contribution in [0.3, 0.4) is 0 Å². The first-order valence-electron chi connectivity index (χ1n) is 12.8. The molecule has 0 fully saturated rings. The molecule has 2 heterocycles. The maximum absolute atomic E-state index is 13.6. The van der Waals surface area contributed by atoms with Crippen molar-refractivity contribution in [1.29, 1.82) is 0 Å². The Morgan fingerprint density at radius 3 is 1.51 bits per heavy atom. The fourth-order valence-electron chi connectivity index (χ4n) is 4.99. The van der Waals surface area contributed by atoms with Gasteiger partial charge >= 0.3 is 0 Å². The quantitative estimate of drug-likeness (QED) is 0.236. The van der Waals surface area contributed by atoms with Gasteiger partial charge in [0.05, 0.1) is 5.52 Å². The smallest absolute Gasteiger partial charge is 0.263 e. The fourth-order valence-corrected chi connectivity index (χ4v) is 4.99. The van der Waals surface area contributed by atoms with E-state index in [9.17, 15) is 4.79 Å². The number of hydrogen-bond acceptors (Lipinski definition) is 4. The van der Waals surface area contributed by atoms with E-state index in [0.29, 0.717) is 22.9 Å². The van der Waals surface area contributed by atoms with Gasteiger partial charge in [0.15, 0.2) is 17.5 Å². The van der Waals surface area contributed by atoms with Crippen molar-refractivity contribution in [3.05, 3.63) is 144 Å². The molecule has 184 valence electrons. The summed E-state index contributed by atoms with van der Waals surface area (Å²) in [6.45, 7) is 0. The molecule has 0 unspecified atom stereocenters. The summed E-state index contributed by atoms with van der Waals surface area (Å²) in [7, 11) is 0. The second kappa shape index (κ2) is 9.47. The molecule has 7 rings (SSSR count). The molecule has 0 saturated carbocycles. The third kappa shape index (κ3) is 4.06. The number of rotatable bonds is 4. The lowest BCUT2D eigenvalue weighted by Gasteiger charge is -2.14. The van der Waals surface area contributed by atoms with Gasteiger partial charge in [-0.25, -0.2) is 15.0 Å². The van der Waals surface area contributed by atoms with Crippen LogP contribution in [0.15, 0.2) is 138 Å².